The lowest BCUT2D eigenvalue weighted by molar-refractivity contribution is -0.116. The highest BCUT2D eigenvalue weighted by molar-refractivity contribution is 5.98. The average molecular weight is 328 g/mol. The van der Waals surface area contributed by atoms with Crippen LogP contribution in [0.3, 0.4) is 0 Å². The maximum atomic E-state index is 12.8. The number of benzene rings is 1. The van der Waals surface area contributed by atoms with Crippen LogP contribution >= 0.6 is 0 Å². The van der Waals surface area contributed by atoms with E-state index >= 15 is 0 Å². The average Bonchev–Trinajstić information content (AvgIpc) is 3.15. The van der Waals surface area contributed by atoms with Gasteiger partial charge in [-0.25, -0.2) is 0 Å². The molecular weight excluding hydrogens is 304 g/mol. The van der Waals surface area contributed by atoms with Crippen molar-refractivity contribution in [2.45, 2.75) is 25.3 Å². The lowest BCUT2D eigenvalue weighted by Gasteiger charge is -2.37. The van der Waals surface area contributed by atoms with Crippen molar-refractivity contribution in [2.75, 3.05) is 44.6 Å². The fraction of sp³-hybridized carbons (Fsp3) is 0.556. The first-order chi connectivity index (χ1) is 11.7. The summed E-state index contributed by atoms with van der Waals surface area (Å²) in [6.45, 7) is 5.68. The number of nitrogens with one attached hydrogen (secondary N) is 2. The molecule has 128 valence electrons. The highest BCUT2D eigenvalue weighted by Gasteiger charge is 2.28. The lowest BCUT2D eigenvalue weighted by Crippen LogP contribution is -2.52. The van der Waals surface area contributed by atoms with Gasteiger partial charge < -0.3 is 15.5 Å². The molecule has 3 aliphatic heterocycles. The number of hydrogen-bond donors (Lipinski definition) is 2. The van der Waals surface area contributed by atoms with E-state index in [-0.39, 0.29) is 11.8 Å². The molecule has 2 amide bonds. The molecule has 24 heavy (non-hydrogen) atoms. The molecule has 1 atom stereocenters. The van der Waals surface area contributed by atoms with Crippen molar-refractivity contribution < 1.29 is 9.59 Å². The van der Waals surface area contributed by atoms with Crippen LogP contribution < -0.4 is 10.6 Å². The first-order valence-corrected chi connectivity index (χ1v) is 8.87. The van der Waals surface area contributed by atoms with Crippen molar-refractivity contribution in [3.63, 3.8) is 0 Å². The topological polar surface area (TPSA) is 64.7 Å². The predicted octanol–water partition coefficient (Wildman–Crippen LogP) is 0.691. The molecule has 6 heteroatoms. The van der Waals surface area contributed by atoms with Crippen LogP contribution in [-0.2, 0) is 11.2 Å². The van der Waals surface area contributed by atoms with Gasteiger partial charge in [0.05, 0.1) is 0 Å². The Morgan fingerprint density at radius 3 is 2.71 bits per heavy atom. The van der Waals surface area contributed by atoms with E-state index < -0.39 is 0 Å². The van der Waals surface area contributed by atoms with Gasteiger partial charge in [-0.05, 0) is 43.1 Å². The summed E-state index contributed by atoms with van der Waals surface area (Å²) in [5.74, 6) is 0.165. The molecule has 1 aromatic carbocycles. The zero-order valence-electron chi connectivity index (χ0n) is 13.9. The minimum atomic E-state index is 0.0547. The third-order valence-electron chi connectivity index (χ3n) is 5.40. The number of rotatable bonds is 2. The van der Waals surface area contributed by atoms with Gasteiger partial charge in [0.15, 0.2) is 0 Å². The van der Waals surface area contributed by atoms with Crippen molar-refractivity contribution in [2.24, 2.45) is 0 Å². The molecule has 2 N–H and O–H groups in total. The Morgan fingerprint density at radius 2 is 1.96 bits per heavy atom. The Kier molecular flexibility index (Phi) is 4.24. The molecular formula is C18H24N4O2. The number of carbonyl (C=O) groups excluding carboxylic acids is 2. The van der Waals surface area contributed by atoms with Gasteiger partial charge in [0.2, 0.25) is 5.91 Å². The summed E-state index contributed by atoms with van der Waals surface area (Å²) in [4.78, 5) is 28.7. The summed E-state index contributed by atoms with van der Waals surface area (Å²) in [5.41, 5.74) is 2.65. The predicted molar refractivity (Wildman–Crippen MR) is 92.1 cm³/mol. The van der Waals surface area contributed by atoms with Gasteiger partial charge in [0.1, 0.15) is 0 Å². The first kappa shape index (κ1) is 15.6. The summed E-state index contributed by atoms with van der Waals surface area (Å²) in [6, 6.07) is 6.28. The van der Waals surface area contributed by atoms with Crippen molar-refractivity contribution >= 4 is 17.5 Å². The molecule has 0 aromatic heterocycles. The number of aryl methyl sites for hydroxylation is 1. The zero-order chi connectivity index (χ0) is 16.5. The zero-order valence-corrected chi connectivity index (χ0v) is 13.9. The molecule has 0 spiro atoms. The van der Waals surface area contributed by atoms with Crippen LogP contribution in [0.5, 0.6) is 0 Å². The number of piperazine rings is 1. The van der Waals surface area contributed by atoms with E-state index in [9.17, 15) is 9.59 Å². The fourth-order valence-corrected chi connectivity index (χ4v) is 3.94. The van der Waals surface area contributed by atoms with E-state index in [0.29, 0.717) is 18.9 Å². The van der Waals surface area contributed by atoms with Crippen LogP contribution in [0.4, 0.5) is 5.69 Å². The smallest absolute Gasteiger partial charge is 0.253 e. The van der Waals surface area contributed by atoms with Gasteiger partial charge in [-0.1, -0.05) is 0 Å². The van der Waals surface area contributed by atoms with Crippen LogP contribution in [0.25, 0.3) is 0 Å². The maximum Gasteiger partial charge on any atom is 0.253 e. The second-order valence-corrected chi connectivity index (χ2v) is 6.89. The molecule has 0 saturated carbocycles. The summed E-state index contributed by atoms with van der Waals surface area (Å²) in [5, 5.41) is 6.28. The number of fused-ring (bicyclic) bond motifs is 1. The van der Waals surface area contributed by atoms with Gasteiger partial charge in [0, 0.05) is 56.4 Å². The van der Waals surface area contributed by atoms with E-state index in [1.165, 1.54) is 6.42 Å². The Morgan fingerprint density at radius 1 is 1.12 bits per heavy atom. The molecule has 3 heterocycles. The van der Waals surface area contributed by atoms with Gasteiger partial charge >= 0.3 is 0 Å². The Labute approximate surface area is 142 Å². The van der Waals surface area contributed by atoms with Crippen LogP contribution in [0.2, 0.25) is 0 Å². The molecule has 4 rings (SSSR count). The van der Waals surface area contributed by atoms with Crippen molar-refractivity contribution in [3.05, 3.63) is 29.3 Å². The fourth-order valence-electron chi connectivity index (χ4n) is 3.94. The minimum absolute atomic E-state index is 0.0547. The van der Waals surface area contributed by atoms with Crippen molar-refractivity contribution in [1.29, 1.82) is 0 Å². The Hall–Kier alpha value is -1.92. The molecule has 1 unspecified atom stereocenters. The second kappa shape index (κ2) is 6.53. The summed E-state index contributed by atoms with van der Waals surface area (Å²) >= 11 is 0. The van der Waals surface area contributed by atoms with Crippen LogP contribution in [-0.4, -0.2) is 66.9 Å². The van der Waals surface area contributed by atoms with E-state index in [0.717, 1.165) is 56.1 Å². The molecule has 1 aromatic rings. The van der Waals surface area contributed by atoms with Gasteiger partial charge in [-0.15, -0.1) is 0 Å². The lowest BCUT2D eigenvalue weighted by atomic mass is 10.00. The van der Waals surface area contributed by atoms with Gasteiger partial charge in [0.25, 0.3) is 5.91 Å². The third kappa shape index (κ3) is 3.03. The molecule has 0 aliphatic carbocycles. The quantitative estimate of drug-likeness (QED) is 0.838. The standard InChI is InChI=1S/C18H24N4O2/c23-17-4-2-13-11-14(1-3-16(13)20-17)18(24)22-9-7-21(8-10-22)15-5-6-19-12-15/h1,3,11,15,19H,2,4-10,12H2,(H,20,23). The molecule has 0 radical (unpaired) electrons. The van der Waals surface area contributed by atoms with E-state index in [1.807, 2.05) is 23.1 Å². The van der Waals surface area contributed by atoms with E-state index in [1.54, 1.807) is 0 Å². The largest absolute Gasteiger partial charge is 0.336 e. The van der Waals surface area contributed by atoms with E-state index in [2.05, 4.69) is 15.5 Å². The first-order valence-electron chi connectivity index (χ1n) is 8.87. The molecule has 2 saturated heterocycles. The number of carbonyl (C=O) groups is 2. The van der Waals surface area contributed by atoms with E-state index in [4.69, 9.17) is 0 Å². The third-order valence-corrected chi connectivity index (χ3v) is 5.40. The normalized spacial score (nSPS) is 24.6. The number of hydrogen-bond acceptors (Lipinski definition) is 4. The minimum Gasteiger partial charge on any atom is -0.336 e. The molecule has 6 nitrogen and oxygen atoms in total. The highest BCUT2D eigenvalue weighted by atomic mass is 16.2. The summed E-state index contributed by atoms with van der Waals surface area (Å²) in [6.07, 6.45) is 2.42. The van der Waals surface area contributed by atoms with Crippen LogP contribution in [0.15, 0.2) is 18.2 Å². The molecule has 2 fully saturated rings. The highest BCUT2D eigenvalue weighted by Crippen LogP contribution is 2.24. The Balaban J connectivity index is 1.40. The van der Waals surface area contributed by atoms with Crippen LogP contribution in [0.1, 0.15) is 28.8 Å². The van der Waals surface area contributed by atoms with Gasteiger partial charge in [-0.2, -0.15) is 0 Å². The molecule has 3 aliphatic rings. The molecule has 0 bridgehead atoms. The SMILES string of the molecule is O=C1CCc2cc(C(=O)N3CCN(C4CCNC4)CC3)ccc2N1. The van der Waals surface area contributed by atoms with Crippen molar-refractivity contribution in [3.8, 4) is 0 Å². The monoisotopic (exact) mass is 328 g/mol. The second-order valence-electron chi connectivity index (χ2n) is 6.89. The number of amides is 2. The summed E-state index contributed by atoms with van der Waals surface area (Å²) in [7, 11) is 0. The number of anilines is 1. The van der Waals surface area contributed by atoms with Crippen molar-refractivity contribution in [1.82, 2.24) is 15.1 Å². The van der Waals surface area contributed by atoms with Crippen LogP contribution in [0, 0.1) is 0 Å². The summed E-state index contributed by atoms with van der Waals surface area (Å²) < 4.78 is 0. The maximum absolute atomic E-state index is 12.8. The Bertz CT molecular complexity index is 646. The van der Waals surface area contributed by atoms with Gasteiger partial charge in [-0.3, -0.25) is 14.5 Å². The number of nitrogens with zero attached hydrogens (tertiary/aromatic N) is 2.